The number of ether oxygens (including phenoxy) is 3. The Bertz CT molecular complexity index is 452. The number of aromatic carboxylic acids is 1. The predicted octanol–water partition coefficient (Wildman–Crippen LogP) is 2.73. The van der Waals surface area contributed by atoms with E-state index in [1.165, 1.54) is 6.07 Å². The molecule has 1 unspecified atom stereocenters. The van der Waals surface area contributed by atoms with Gasteiger partial charge in [-0.15, -0.1) is 0 Å². The van der Waals surface area contributed by atoms with E-state index in [4.69, 9.17) is 14.2 Å². The molecule has 2 rings (SSSR count). The highest BCUT2D eigenvalue weighted by Gasteiger charge is 2.18. The zero-order valence-electron chi connectivity index (χ0n) is 11.6. The summed E-state index contributed by atoms with van der Waals surface area (Å²) in [7, 11) is 0. The van der Waals surface area contributed by atoms with Gasteiger partial charge in [0.05, 0.1) is 12.7 Å². The fourth-order valence-corrected chi connectivity index (χ4v) is 2.07. The molecule has 0 radical (unpaired) electrons. The number of hydrogen-bond donors (Lipinski definition) is 1. The molecule has 1 aromatic carbocycles. The van der Waals surface area contributed by atoms with Crippen molar-refractivity contribution in [3.8, 4) is 11.5 Å². The molecule has 1 N–H and O–H groups in total. The minimum atomic E-state index is -1.01. The monoisotopic (exact) mass is 280 g/mol. The van der Waals surface area contributed by atoms with Gasteiger partial charge in [-0.3, -0.25) is 0 Å². The average Bonchev–Trinajstić information content (AvgIpc) is 2.96. The van der Waals surface area contributed by atoms with Gasteiger partial charge < -0.3 is 19.3 Å². The van der Waals surface area contributed by atoms with E-state index < -0.39 is 5.97 Å². The molecule has 1 fully saturated rings. The highest BCUT2D eigenvalue weighted by atomic mass is 16.5. The molecule has 0 amide bonds. The highest BCUT2D eigenvalue weighted by molar-refractivity contribution is 5.91. The molecule has 1 saturated heterocycles. The smallest absolute Gasteiger partial charge is 0.339 e. The molecule has 1 aliphatic heterocycles. The van der Waals surface area contributed by atoms with E-state index in [0.717, 1.165) is 25.9 Å². The second kappa shape index (κ2) is 7.14. The van der Waals surface area contributed by atoms with Crippen LogP contribution in [0.2, 0.25) is 0 Å². The van der Waals surface area contributed by atoms with Crippen molar-refractivity contribution in [2.75, 3.05) is 19.8 Å². The third-order valence-electron chi connectivity index (χ3n) is 3.11. The number of rotatable bonds is 7. The largest absolute Gasteiger partial charge is 0.493 e. The summed E-state index contributed by atoms with van der Waals surface area (Å²) in [6.45, 7) is 3.73. The first-order valence-electron chi connectivity index (χ1n) is 6.95. The minimum absolute atomic E-state index is 0.0526. The Kier molecular flexibility index (Phi) is 5.24. The third-order valence-corrected chi connectivity index (χ3v) is 3.11. The normalized spacial score (nSPS) is 17.9. The summed E-state index contributed by atoms with van der Waals surface area (Å²) < 4.78 is 16.6. The van der Waals surface area contributed by atoms with E-state index in [2.05, 4.69) is 0 Å². The Morgan fingerprint density at radius 3 is 2.95 bits per heavy atom. The first-order chi connectivity index (χ1) is 9.70. The van der Waals surface area contributed by atoms with Crippen molar-refractivity contribution in [2.45, 2.75) is 32.3 Å². The van der Waals surface area contributed by atoms with E-state index in [1.807, 2.05) is 6.92 Å². The van der Waals surface area contributed by atoms with Crippen LogP contribution < -0.4 is 9.47 Å². The molecule has 0 spiro atoms. The van der Waals surface area contributed by atoms with Gasteiger partial charge in [0.1, 0.15) is 23.7 Å². The molecule has 1 heterocycles. The van der Waals surface area contributed by atoms with Crippen LogP contribution in [0.15, 0.2) is 18.2 Å². The second-order valence-electron chi connectivity index (χ2n) is 4.76. The van der Waals surface area contributed by atoms with Crippen LogP contribution >= 0.6 is 0 Å². The Labute approximate surface area is 118 Å². The van der Waals surface area contributed by atoms with Crippen LogP contribution in [0.3, 0.4) is 0 Å². The Balaban J connectivity index is 2.06. The number of carboxylic acid groups (broad SMARTS) is 1. The molecular weight excluding hydrogens is 260 g/mol. The summed E-state index contributed by atoms with van der Waals surface area (Å²) in [4.78, 5) is 11.2. The fraction of sp³-hybridized carbons (Fsp3) is 0.533. The number of hydrogen-bond acceptors (Lipinski definition) is 4. The summed E-state index contributed by atoms with van der Waals surface area (Å²) in [6, 6.07) is 4.80. The van der Waals surface area contributed by atoms with Gasteiger partial charge in [0.15, 0.2) is 0 Å². The van der Waals surface area contributed by atoms with Gasteiger partial charge in [0.2, 0.25) is 0 Å². The van der Waals surface area contributed by atoms with Crippen molar-refractivity contribution >= 4 is 5.97 Å². The SMILES string of the molecule is CCCOc1ccc(C(=O)O)c(OCC2CCCO2)c1. The Morgan fingerprint density at radius 2 is 2.30 bits per heavy atom. The van der Waals surface area contributed by atoms with Gasteiger partial charge in [-0.05, 0) is 31.4 Å². The van der Waals surface area contributed by atoms with Crippen LogP contribution in [-0.2, 0) is 4.74 Å². The lowest BCUT2D eigenvalue weighted by molar-refractivity contribution is 0.0628. The summed E-state index contributed by atoms with van der Waals surface area (Å²) in [6.07, 6.45) is 2.93. The molecule has 5 nitrogen and oxygen atoms in total. The predicted molar refractivity (Wildman–Crippen MR) is 73.7 cm³/mol. The second-order valence-corrected chi connectivity index (χ2v) is 4.76. The lowest BCUT2D eigenvalue weighted by Crippen LogP contribution is -2.17. The summed E-state index contributed by atoms with van der Waals surface area (Å²) in [5, 5.41) is 9.17. The lowest BCUT2D eigenvalue weighted by atomic mass is 10.2. The topological polar surface area (TPSA) is 65.0 Å². The molecule has 5 heteroatoms. The van der Waals surface area contributed by atoms with Crippen molar-refractivity contribution < 1.29 is 24.1 Å². The van der Waals surface area contributed by atoms with E-state index in [9.17, 15) is 9.90 Å². The van der Waals surface area contributed by atoms with Crippen molar-refractivity contribution in [3.05, 3.63) is 23.8 Å². The fourth-order valence-electron chi connectivity index (χ4n) is 2.07. The molecular formula is C15H20O5. The standard InChI is InChI=1S/C15H20O5/c1-2-7-18-11-5-6-13(15(16)17)14(9-11)20-10-12-4-3-8-19-12/h5-6,9,12H,2-4,7-8,10H2,1H3,(H,16,17). The summed E-state index contributed by atoms with van der Waals surface area (Å²) >= 11 is 0. The lowest BCUT2D eigenvalue weighted by Gasteiger charge is -2.14. The van der Waals surface area contributed by atoms with Crippen molar-refractivity contribution in [1.29, 1.82) is 0 Å². The molecule has 1 aliphatic rings. The maximum absolute atomic E-state index is 11.2. The molecule has 110 valence electrons. The highest BCUT2D eigenvalue weighted by Crippen LogP contribution is 2.26. The van der Waals surface area contributed by atoms with Crippen LogP contribution in [0.4, 0.5) is 0 Å². The zero-order chi connectivity index (χ0) is 14.4. The minimum Gasteiger partial charge on any atom is -0.493 e. The van der Waals surface area contributed by atoms with Crippen molar-refractivity contribution in [1.82, 2.24) is 0 Å². The van der Waals surface area contributed by atoms with Crippen molar-refractivity contribution in [2.24, 2.45) is 0 Å². The number of benzene rings is 1. The summed E-state index contributed by atoms with van der Waals surface area (Å²) in [5.41, 5.74) is 0.145. The van der Waals surface area contributed by atoms with Crippen LogP contribution in [0.5, 0.6) is 11.5 Å². The average molecular weight is 280 g/mol. The van der Waals surface area contributed by atoms with Gasteiger partial charge in [-0.1, -0.05) is 6.92 Å². The maximum Gasteiger partial charge on any atom is 0.339 e. The van der Waals surface area contributed by atoms with Crippen molar-refractivity contribution in [3.63, 3.8) is 0 Å². The van der Waals surface area contributed by atoms with E-state index in [-0.39, 0.29) is 11.7 Å². The van der Waals surface area contributed by atoms with Gasteiger partial charge in [-0.25, -0.2) is 4.79 Å². The van der Waals surface area contributed by atoms with E-state index >= 15 is 0 Å². The van der Waals surface area contributed by atoms with E-state index in [0.29, 0.717) is 24.7 Å². The first kappa shape index (κ1) is 14.7. The molecule has 1 aromatic rings. The molecule has 20 heavy (non-hydrogen) atoms. The van der Waals surface area contributed by atoms with Crippen LogP contribution in [0.25, 0.3) is 0 Å². The quantitative estimate of drug-likeness (QED) is 0.832. The Hall–Kier alpha value is -1.75. The molecule has 0 saturated carbocycles. The molecule has 0 bridgehead atoms. The summed E-state index contributed by atoms with van der Waals surface area (Å²) in [5.74, 6) is -0.0461. The number of carboxylic acids is 1. The van der Waals surface area contributed by atoms with Gasteiger partial charge in [0, 0.05) is 12.7 Å². The zero-order valence-corrected chi connectivity index (χ0v) is 11.6. The van der Waals surface area contributed by atoms with E-state index in [1.54, 1.807) is 12.1 Å². The Morgan fingerprint density at radius 1 is 1.45 bits per heavy atom. The molecule has 1 atom stereocenters. The van der Waals surface area contributed by atoms with Gasteiger partial charge in [-0.2, -0.15) is 0 Å². The molecule has 0 aliphatic carbocycles. The van der Waals surface area contributed by atoms with Gasteiger partial charge in [0.25, 0.3) is 0 Å². The molecule has 0 aromatic heterocycles. The van der Waals surface area contributed by atoms with Crippen LogP contribution in [-0.4, -0.2) is 37.0 Å². The van der Waals surface area contributed by atoms with Crippen LogP contribution in [0, 0.1) is 0 Å². The van der Waals surface area contributed by atoms with Gasteiger partial charge >= 0.3 is 5.97 Å². The number of carbonyl (C=O) groups is 1. The maximum atomic E-state index is 11.2. The third kappa shape index (κ3) is 3.87. The van der Waals surface area contributed by atoms with Crippen LogP contribution in [0.1, 0.15) is 36.5 Å². The first-order valence-corrected chi connectivity index (χ1v) is 6.95.